The van der Waals surface area contributed by atoms with E-state index >= 15 is 0 Å². The molecule has 0 spiro atoms. The van der Waals surface area contributed by atoms with Crippen molar-refractivity contribution in [1.82, 2.24) is 0 Å². The fourth-order valence-electron chi connectivity index (χ4n) is 1.59. The van der Waals surface area contributed by atoms with Gasteiger partial charge in [0.15, 0.2) is 0 Å². The molecule has 0 bridgehead atoms. The Morgan fingerprint density at radius 3 is 1.17 bits per heavy atom. The topological polar surface area (TPSA) is 80.3 Å². The molecule has 24 heavy (non-hydrogen) atoms. The average molecular weight is 366 g/mol. The molecule has 0 atom stereocenters. The summed E-state index contributed by atoms with van der Waals surface area (Å²) in [7, 11) is 0. The van der Waals surface area contributed by atoms with Crippen molar-refractivity contribution in [2.24, 2.45) is 0 Å². The maximum atomic E-state index is 10.6. The van der Waals surface area contributed by atoms with Crippen LogP contribution in [-0.4, -0.2) is 11.9 Å². The van der Waals surface area contributed by atoms with Gasteiger partial charge < -0.3 is 19.8 Å². The summed E-state index contributed by atoms with van der Waals surface area (Å²) >= 11 is 0. The third-order valence-electron chi connectivity index (χ3n) is 2.72. The Morgan fingerprint density at radius 1 is 0.625 bits per heavy atom. The van der Waals surface area contributed by atoms with Crippen LogP contribution in [0.2, 0.25) is 0 Å². The molecule has 0 saturated heterocycles. The van der Waals surface area contributed by atoms with Crippen molar-refractivity contribution in [1.29, 1.82) is 0 Å². The minimum Gasteiger partial charge on any atom is -0.545 e. The van der Waals surface area contributed by atoms with Crippen LogP contribution in [0.25, 0.3) is 0 Å². The molecule has 0 unspecified atom stereocenters. The molecule has 4 nitrogen and oxygen atoms in total. The zero-order chi connectivity index (χ0) is 15.9. The van der Waals surface area contributed by atoms with E-state index in [2.05, 4.69) is 23.7 Å². The van der Waals surface area contributed by atoms with E-state index in [-0.39, 0.29) is 114 Å². The molecule has 0 aliphatic heterocycles. The molecule has 0 saturated carbocycles. The van der Waals surface area contributed by atoms with Crippen LogP contribution < -0.4 is 113 Å². The summed E-state index contributed by atoms with van der Waals surface area (Å²) in [5.74, 6) is 8.33. The van der Waals surface area contributed by atoms with Gasteiger partial charge in [0, 0.05) is 11.1 Å². The molecule has 2 aromatic carbocycles. The van der Waals surface area contributed by atoms with Crippen LogP contribution in [0.15, 0.2) is 48.5 Å². The number of hydrogen-bond acceptors (Lipinski definition) is 4. The zero-order valence-electron chi connectivity index (χ0n) is 13.3. The summed E-state index contributed by atoms with van der Waals surface area (Å²) in [6.45, 7) is 0. The fraction of sp³-hybridized carbons (Fsp3) is 0. The van der Waals surface area contributed by atoms with Crippen molar-refractivity contribution in [3.63, 3.8) is 0 Å². The van der Waals surface area contributed by atoms with E-state index in [1.54, 1.807) is 24.3 Å². The molecule has 0 aliphatic rings. The molecule has 2 aromatic rings. The van der Waals surface area contributed by atoms with Gasteiger partial charge in [-0.25, -0.2) is 0 Å². The van der Waals surface area contributed by atoms with Crippen LogP contribution >= 0.6 is 0 Å². The second kappa shape index (κ2) is 12.2. The largest absolute Gasteiger partial charge is 1.00 e. The van der Waals surface area contributed by atoms with E-state index in [1.807, 2.05) is 0 Å². The molecule has 0 N–H and O–H groups in total. The number of aromatic carboxylic acids is 2. The Kier molecular flexibility index (Phi) is 12.1. The van der Waals surface area contributed by atoms with E-state index in [1.165, 1.54) is 24.3 Å². The number of carbonyl (C=O) groups is 2. The Morgan fingerprint density at radius 2 is 0.917 bits per heavy atom. The van der Waals surface area contributed by atoms with Crippen molar-refractivity contribution in [3.8, 4) is 23.7 Å². The summed E-state index contributed by atoms with van der Waals surface area (Å²) in [5, 5.41) is 21.2. The molecule has 106 valence electrons. The monoisotopic (exact) mass is 366 g/mol. The van der Waals surface area contributed by atoms with Gasteiger partial charge in [-0.2, -0.15) is 0 Å². The van der Waals surface area contributed by atoms with Crippen molar-refractivity contribution >= 4 is 11.9 Å². The number of benzene rings is 2. The third-order valence-corrected chi connectivity index (χ3v) is 2.72. The van der Waals surface area contributed by atoms with Gasteiger partial charge in [-0.3, -0.25) is 0 Å². The normalized spacial score (nSPS) is 8.17. The van der Waals surface area contributed by atoms with Gasteiger partial charge in [0.25, 0.3) is 0 Å². The predicted molar refractivity (Wildman–Crippen MR) is 75.3 cm³/mol. The molecule has 0 radical (unpaired) electrons. The first-order chi connectivity index (χ1) is 10.6. The Balaban J connectivity index is 0.00000264. The predicted octanol–water partition coefficient (Wildman–Crippen LogP) is -6.18. The molecule has 0 fully saturated rings. The van der Waals surface area contributed by atoms with Crippen LogP contribution in [-0.2, 0) is 0 Å². The standard InChI is InChI=1S/C18H10O4.2K/c19-17(20)15-9-5-13(6-10-15)3-1-2-4-14-7-11-16(12-8-14)18(21)22;;/h5-12H,(H,19,20)(H,21,22);;/q;2*+1/p-2. The number of carboxylic acids is 2. The summed E-state index contributed by atoms with van der Waals surface area (Å²) in [5.41, 5.74) is 1.44. The molecular weight excluding hydrogens is 358 g/mol. The first-order valence-corrected chi connectivity index (χ1v) is 6.21. The van der Waals surface area contributed by atoms with Crippen LogP contribution in [0.5, 0.6) is 0 Å². The molecular formula is C18H8K2O4. The summed E-state index contributed by atoms with van der Waals surface area (Å²) in [6.07, 6.45) is 0. The minimum absolute atomic E-state index is 0. The number of hydrogen-bond donors (Lipinski definition) is 0. The van der Waals surface area contributed by atoms with Crippen molar-refractivity contribution in [2.75, 3.05) is 0 Å². The van der Waals surface area contributed by atoms with Gasteiger partial charge in [-0.15, -0.1) is 0 Å². The Hall–Kier alpha value is -0.227. The van der Waals surface area contributed by atoms with Crippen LogP contribution in [0.4, 0.5) is 0 Å². The quantitative estimate of drug-likeness (QED) is 0.391. The summed E-state index contributed by atoms with van der Waals surface area (Å²) < 4.78 is 0. The van der Waals surface area contributed by atoms with Gasteiger partial charge in [0.2, 0.25) is 0 Å². The molecule has 6 heteroatoms. The van der Waals surface area contributed by atoms with Crippen molar-refractivity contribution in [3.05, 3.63) is 70.8 Å². The number of carboxylic acid groups (broad SMARTS) is 2. The first-order valence-electron chi connectivity index (χ1n) is 6.21. The summed E-state index contributed by atoms with van der Waals surface area (Å²) in [6, 6.07) is 11.9. The molecule has 0 aliphatic carbocycles. The van der Waals surface area contributed by atoms with Crippen LogP contribution in [0.1, 0.15) is 31.8 Å². The fourth-order valence-corrected chi connectivity index (χ4v) is 1.59. The van der Waals surface area contributed by atoms with E-state index in [0.717, 1.165) is 0 Å². The second-order valence-corrected chi connectivity index (χ2v) is 4.23. The number of rotatable bonds is 2. The van der Waals surface area contributed by atoms with Gasteiger partial charge >= 0.3 is 103 Å². The van der Waals surface area contributed by atoms with Crippen LogP contribution in [0, 0.1) is 23.7 Å². The minimum atomic E-state index is -1.24. The van der Waals surface area contributed by atoms with E-state index in [4.69, 9.17) is 0 Å². The van der Waals surface area contributed by atoms with Crippen LogP contribution in [0.3, 0.4) is 0 Å². The SMILES string of the molecule is O=C([O-])c1ccc(C#CC#Cc2ccc(C(=O)[O-])cc2)cc1.[K+].[K+]. The molecule has 2 rings (SSSR count). The first kappa shape index (κ1) is 23.8. The molecule has 0 amide bonds. The Labute approximate surface area is 224 Å². The average Bonchev–Trinajstić information content (AvgIpc) is 2.52. The van der Waals surface area contributed by atoms with E-state index in [9.17, 15) is 19.8 Å². The molecule has 0 aromatic heterocycles. The second-order valence-electron chi connectivity index (χ2n) is 4.23. The third kappa shape index (κ3) is 7.77. The van der Waals surface area contributed by atoms with Crippen molar-refractivity contribution < 1.29 is 123 Å². The van der Waals surface area contributed by atoms with Gasteiger partial charge in [-0.05, 0) is 47.2 Å². The maximum absolute atomic E-state index is 10.6. The Bertz CT molecular complexity index is 760. The van der Waals surface area contributed by atoms with Gasteiger partial charge in [0.05, 0.1) is 11.9 Å². The zero-order valence-corrected chi connectivity index (χ0v) is 19.5. The number of carbonyl (C=O) groups excluding carboxylic acids is 2. The smallest absolute Gasteiger partial charge is 0.545 e. The van der Waals surface area contributed by atoms with E-state index < -0.39 is 11.9 Å². The van der Waals surface area contributed by atoms with Gasteiger partial charge in [0.1, 0.15) is 0 Å². The summed E-state index contributed by atoms with van der Waals surface area (Å²) in [4.78, 5) is 21.2. The van der Waals surface area contributed by atoms with E-state index in [0.29, 0.717) is 11.1 Å². The molecule has 0 heterocycles. The van der Waals surface area contributed by atoms with Crippen molar-refractivity contribution in [2.45, 2.75) is 0 Å². The van der Waals surface area contributed by atoms with Gasteiger partial charge in [-0.1, -0.05) is 36.1 Å². The maximum Gasteiger partial charge on any atom is 1.00 e.